The van der Waals surface area contributed by atoms with E-state index in [4.69, 9.17) is 21.6 Å². The summed E-state index contributed by atoms with van der Waals surface area (Å²) in [6, 6.07) is 23.2. The summed E-state index contributed by atoms with van der Waals surface area (Å²) in [5.41, 5.74) is 6.08. The molecule has 0 aliphatic rings. The average Bonchev–Trinajstić information content (AvgIpc) is 2.87. The Balaban J connectivity index is 1.55. The van der Waals surface area contributed by atoms with E-state index in [2.05, 4.69) is 16.2 Å². The maximum absolute atomic E-state index is 12.7. The molecule has 0 spiro atoms. The van der Waals surface area contributed by atoms with Crippen molar-refractivity contribution in [2.75, 3.05) is 6.61 Å². The van der Waals surface area contributed by atoms with Crippen molar-refractivity contribution in [3.8, 4) is 11.8 Å². The molecule has 0 saturated carbocycles. The van der Waals surface area contributed by atoms with Gasteiger partial charge in [-0.1, -0.05) is 54.1 Å². The monoisotopic (exact) mass is 476 g/mol. The summed E-state index contributed by atoms with van der Waals surface area (Å²) < 4.78 is 5.32. The average molecular weight is 477 g/mol. The molecule has 1 unspecified atom stereocenters. The Kier molecular flexibility index (Phi) is 8.60. The highest BCUT2D eigenvalue weighted by Crippen LogP contribution is 2.20. The van der Waals surface area contributed by atoms with Crippen LogP contribution in [0.25, 0.3) is 0 Å². The molecule has 3 rings (SSSR count). The van der Waals surface area contributed by atoms with Gasteiger partial charge in [-0.25, -0.2) is 0 Å². The van der Waals surface area contributed by atoms with Crippen molar-refractivity contribution < 1.29 is 19.1 Å². The first-order valence-electron chi connectivity index (χ1n) is 10.3. The minimum Gasteiger partial charge on any atom is -0.484 e. The van der Waals surface area contributed by atoms with Crippen molar-refractivity contribution in [3.63, 3.8) is 0 Å². The third-order valence-electron chi connectivity index (χ3n) is 4.71. The number of hydrogen-bond acceptors (Lipinski definition) is 5. The zero-order valence-electron chi connectivity index (χ0n) is 18.0. The predicted octanol–water partition coefficient (Wildman–Crippen LogP) is 3.30. The van der Waals surface area contributed by atoms with E-state index in [9.17, 15) is 14.4 Å². The van der Waals surface area contributed by atoms with E-state index in [0.717, 1.165) is 0 Å². The number of carbonyl (C=O) groups excluding carboxylic acids is 3. The van der Waals surface area contributed by atoms with E-state index < -0.39 is 23.8 Å². The van der Waals surface area contributed by atoms with Crippen molar-refractivity contribution in [1.82, 2.24) is 16.2 Å². The molecule has 3 N–H and O–H groups in total. The summed E-state index contributed by atoms with van der Waals surface area (Å²) in [5, 5.41) is 11.9. The normalized spacial score (nSPS) is 10.9. The lowest BCUT2D eigenvalue weighted by molar-refractivity contribution is -0.130. The number of nitriles is 1. The number of ether oxygens (including phenoxy) is 1. The van der Waals surface area contributed by atoms with Gasteiger partial charge in [-0.2, -0.15) is 5.26 Å². The van der Waals surface area contributed by atoms with E-state index in [1.54, 1.807) is 72.8 Å². The van der Waals surface area contributed by atoms with E-state index in [-0.39, 0.29) is 13.0 Å². The number of hydrazine groups is 1. The van der Waals surface area contributed by atoms with E-state index in [0.29, 0.717) is 27.5 Å². The van der Waals surface area contributed by atoms with Crippen molar-refractivity contribution >= 4 is 29.3 Å². The number of halogens is 1. The molecule has 1 atom stereocenters. The highest BCUT2D eigenvalue weighted by atomic mass is 35.5. The zero-order chi connectivity index (χ0) is 24.3. The van der Waals surface area contributed by atoms with Crippen LogP contribution in [0, 0.1) is 11.3 Å². The standard InChI is InChI=1S/C25H21ClN4O4/c26-21-9-5-4-8-20(21)25(33)28-22(18-6-2-1-3-7-18)14-23(31)29-30-24(32)16-34-19-12-10-17(15-27)11-13-19/h1-13,22H,14,16H2,(H,28,33)(H,29,31)(H,30,32). The first-order chi connectivity index (χ1) is 16.5. The van der Waals surface area contributed by atoms with Gasteiger partial charge in [0.25, 0.3) is 11.8 Å². The number of carbonyl (C=O) groups is 3. The third kappa shape index (κ3) is 7.08. The smallest absolute Gasteiger partial charge is 0.276 e. The number of hydrogen-bond donors (Lipinski definition) is 3. The number of benzene rings is 3. The predicted molar refractivity (Wildman–Crippen MR) is 126 cm³/mol. The number of amides is 3. The molecular formula is C25H21ClN4O4. The van der Waals surface area contributed by atoms with Crippen LogP contribution in [0.4, 0.5) is 0 Å². The van der Waals surface area contributed by atoms with Crippen LogP contribution in [0.5, 0.6) is 5.75 Å². The summed E-state index contributed by atoms with van der Waals surface area (Å²) in [4.78, 5) is 37.2. The molecule has 0 aromatic heterocycles. The Hall–Kier alpha value is -4.35. The fraction of sp³-hybridized carbons (Fsp3) is 0.120. The Morgan fingerprint density at radius 3 is 2.21 bits per heavy atom. The second-order valence-electron chi connectivity index (χ2n) is 7.14. The van der Waals surface area contributed by atoms with Gasteiger partial charge in [0.1, 0.15) is 5.75 Å². The lowest BCUT2D eigenvalue weighted by atomic mass is 10.0. The van der Waals surface area contributed by atoms with Crippen molar-refractivity contribution in [2.45, 2.75) is 12.5 Å². The lowest BCUT2D eigenvalue weighted by Crippen LogP contribution is -2.45. The Bertz CT molecular complexity index is 1190. The van der Waals surface area contributed by atoms with Gasteiger partial charge in [-0.15, -0.1) is 0 Å². The van der Waals surface area contributed by atoms with Gasteiger partial charge in [-0.05, 0) is 42.0 Å². The minimum absolute atomic E-state index is 0.128. The molecule has 0 heterocycles. The van der Waals surface area contributed by atoms with Gasteiger partial charge in [0.05, 0.1) is 34.7 Å². The topological polar surface area (TPSA) is 120 Å². The van der Waals surface area contributed by atoms with Crippen LogP contribution in [0.15, 0.2) is 78.9 Å². The van der Waals surface area contributed by atoms with Gasteiger partial charge in [0.15, 0.2) is 6.61 Å². The summed E-state index contributed by atoms with van der Waals surface area (Å²) in [6.45, 7) is -0.336. The molecule has 0 aliphatic heterocycles. The molecule has 0 saturated heterocycles. The molecule has 8 nitrogen and oxygen atoms in total. The summed E-state index contributed by atoms with van der Waals surface area (Å²) in [7, 11) is 0. The van der Waals surface area contributed by atoms with Crippen LogP contribution in [-0.4, -0.2) is 24.3 Å². The number of nitrogens with one attached hydrogen (secondary N) is 3. The second-order valence-corrected chi connectivity index (χ2v) is 7.55. The Labute approximate surface area is 201 Å². The van der Waals surface area contributed by atoms with E-state index >= 15 is 0 Å². The van der Waals surface area contributed by atoms with Crippen LogP contribution in [0.1, 0.15) is 33.9 Å². The molecule has 0 radical (unpaired) electrons. The van der Waals surface area contributed by atoms with Crippen molar-refractivity contribution in [2.24, 2.45) is 0 Å². The fourth-order valence-corrected chi connectivity index (χ4v) is 3.23. The van der Waals surface area contributed by atoms with Gasteiger partial charge >= 0.3 is 0 Å². The third-order valence-corrected chi connectivity index (χ3v) is 5.04. The summed E-state index contributed by atoms with van der Waals surface area (Å²) >= 11 is 6.11. The zero-order valence-corrected chi connectivity index (χ0v) is 18.7. The van der Waals surface area contributed by atoms with Gasteiger partial charge in [-0.3, -0.25) is 25.2 Å². The van der Waals surface area contributed by atoms with Gasteiger partial charge < -0.3 is 10.1 Å². The summed E-state index contributed by atoms with van der Waals surface area (Å²) in [6.07, 6.45) is -0.128. The minimum atomic E-state index is -0.656. The molecular weight excluding hydrogens is 456 g/mol. The molecule has 0 aliphatic carbocycles. The molecule has 3 aromatic rings. The van der Waals surface area contributed by atoms with Crippen LogP contribution >= 0.6 is 11.6 Å². The molecule has 0 bridgehead atoms. The molecule has 9 heteroatoms. The number of nitrogens with zero attached hydrogens (tertiary/aromatic N) is 1. The molecule has 34 heavy (non-hydrogen) atoms. The largest absolute Gasteiger partial charge is 0.484 e. The lowest BCUT2D eigenvalue weighted by Gasteiger charge is -2.19. The molecule has 3 aromatic carbocycles. The first-order valence-corrected chi connectivity index (χ1v) is 10.6. The molecule has 0 fully saturated rings. The van der Waals surface area contributed by atoms with E-state index in [1.165, 1.54) is 0 Å². The Morgan fingerprint density at radius 1 is 0.882 bits per heavy atom. The van der Waals surface area contributed by atoms with Crippen LogP contribution < -0.4 is 20.9 Å². The Morgan fingerprint density at radius 2 is 1.53 bits per heavy atom. The second kappa shape index (κ2) is 12.0. The first kappa shape index (κ1) is 24.3. The van der Waals surface area contributed by atoms with Gasteiger partial charge in [0, 0.05) is 0 Å². The fourth-order valence-electron chi connectivity index (χ4n) is 3.01. The summed E-state index contributed by atoms with van der Waals surface area (Å²) in [5.74, 6) is -1.10. The quantitative estimate of drug-likeness (QED) is 0.431. The van der Waals surface area contributed by atoms with Crippen LogP contribution in [0.2, 0.25) is 5.02 Å². The molecule has 3 amide bonds. The van der Waals surface area contributed by atoms with Crippen molar-refractivity contribution in [1.29, 1.82) is 5.26 Å². The number of rotatable bonds is 8. The van der Waals surface area contributed by atoms with Gasteiger partial charge in [0.2, 0.25) is 5.91 Å². The maximum atomic E-state index is 12.7. The van der Waals surface area contributed by atoms with Crippen molar-refractivity contribution in [3.05, 3.63) is 101 Å². The van der Waals surface area contributed by atoms with E-state index in [1.807, 2.05) is 12.1 Å². The maximum Gasteiger partial charge on any atom is 0.276 e. The highest BCUT2D eigenvalue weighted by molar-refractivity contribution is 6.33. The SMILES string of the molecule is N#Cc1ccc(OCC(=O)NNC(=O)CC(NC(=O)c2ccccc2Cl)c2ccccc2)cc1. The van der Waals surface area contributed by atoms with Crippen LogP contribution in [0.3, 0.4) is 0 Å². The molecule has 172 valence electrons. The van der Waals surface area contributed by atoms with Crippen LogP contribution in [-0.2, 0) is 9.59 Å². The highest BCUT2D eigenvalue weighted by Gasteiger charge is 2.20.